The Kier molecular flexibility index (Phi) is 4.16. The number of nitrogens with zero attached hydrogens (tertiary/aromatic N) is 1. The van der Waals surface area contributed by atoms with Crippen molar-refractivity contribution in [3.63, 3.8) is 0 Å². The number of nitrogens with one attached hydrogen (secondary N) is 1. The van der Waals surface area contributed by atoms with E-state index in [0.29, 0.717) is 0 Å². The van der Waals surface area contributed by atoms with E-state index in [1.54, 1.807) is 27.7 Å². The van der Waals surface area contributed by atoms with Crippen LogP contribution < -0.4 is 5.32 Å². The minimum absolute atomic E-state index is 0.0988. The summed E-state index contributed by atoms with van der Waals surface area (Å²) in [5.41, 5.74) is -3.39. The first-order chi connectivity index (χ1) is 12.9. The van der Waals surface area contributed by atoms with Crippen molar-refractivity contribution < 1.29 is 19.2 Å². The lowest BCUT2D eigenvalue weighted by atomic mass is 9.25. The summed E-state index contributed by atoms with van der Waals surface area (Å²) in [5.74, 6) is -1.42. The highest BCUT2D eigenvalue weighted by Gasteiger charge is 2.92. The molecule has 4 unspecified atom stereocenters. The summed E-state index contributed by atoms with van der Waals surface area (Å²) >= 11 is 0. The highest BCUT2D eigenvalue weighted by atomic mass is 16.2. The number of rotatable bonds is 4. The second-order valence-electron chi connectivity index (χ2n) is 8.84. The number of carbonyl (C=O) groups is 4. The first-order valence-corrected chi connectivity index (χ1v) is 9.49. The van der Waals surface area contributed by atoms with E-state index in [1.165, 1.54) is 14.1 Å². The number of carbonyl (C=O) groups excluding carboxylic acids is 4. The average Bonchev–Trinajstić information content (AvgIpc) is 2.79. The molecular formula is C22H28N2O4. The van der Waals surface area contributed by atoms with E-state index in [-0.39, 0.29) is 12.2 Å². The molecule has 1 saturated carbocycles. The minimum atomic E-state index is -1.35. The zero-order valence-corrected chi connectivity index (χ0v) is 17.6. The van der Waals surface area contributed by atoms with Gasteiger partial charge in [-0.1, -0.05) is 36.8 Å². The van der Waals surface area contributed by atoms with Gasteiger partial charge < -0.3 is 5.32 Å². The third kappa shape index (κ3) is 1.79. The number of fused-ring (bicyclic) bond motifs is 1. The van der Waals surface area contributed by atoms with Gasteiger partial charge in [0.2, 0.25) is 17.7 Å². The zero-order valence-electron chi connectivity index (χ0n) is 17.6. The maximum Gasteiger partial charge on any atom is 0.237 e. The Bertz CT molecular complexity index is 925. The number of Topliss-reactive ketones (excluding diaryl/α,β-unsaturated/α-hetero) is 1. The molecule has 0 aromatic heterocycles. The van der Waals surface area contributed by atoms with Gasteiger partial charge in [0.25, 0.3) is 0 Å². The van der Waals surface area contributed by atoms with Crippen LogP contribution in [0.5, 0.6) is 0 Å². The summed E-state index contributed by atoms with van der Waals surface area (Å²) in [6.07, 6.45) is 0.0988. The molecule has 3 amide bonds. The van der Waals surface area contributed by atoms with Gasteiger partial charge in [0.15, 0.2) is 0 Å². The van der Waals surface area contributed by atoms with E-state index in [9.17, 15) is 19.2 Å². The van der Waals surface area contributed by atoms with Crippen molar-refractivity contribution in [3.05, 3.63) is 35.4 Å². The second kappa shape index (κ2) is 5.75. The largest absolute Gasteiger partial charge is 0.359 e. The quantitative estimate of drug-likeness (QED) is 0.804. The molecule has 150 valence electrons. The molecule has 1 aromatic carbocycles. The molecule has 6 heteroatoms. The molecule has 28 heavy (non-hydrogen) atoms. The molecule has 1 aliphatic heterocycles. The van der Waals surface area contributed by atoms with E-state index in [2.05, 4.69) is 5.32 Å². The molecule has 6 nitrogen and oxygen atoms in total. The molecule has 1 aliphatic carbocycles. The topological polar surface area (TPSA) is 83.6 Å². The molecule has 1 N–H and O–H groups in total. The SMILES string of the molecule is CNC(=O)C1(C)C(C)(C(=O)Cc2cccc(C)c2)C2(C)C(=O)N(C)C(=O)C12C. The Morgan fingerprint density at radius 1 is 1.00 bits per heavy atom. The minimum Gasteiger partial charge on any atom is -0.359 e. The van der Waals surface area contributed by atoms with Crippen molar-refractivity contribution in [3.8, 4) is 0 Å². The highest BCUT2D eigenvalue weighted by Crippen LogP contribution is 2.81. The molecule has 1 heterocycles. The van der Waals surface area contributed by atoms with Crippen molar-refractivity contribution in [1.29, 1.82) is 0 Å². The second-order valence-corrected chi connectivity index (χ2v) is 8.84. The van der Waals surface area contributed by atoms with Crippen LogP contribution in [0.2, 0.25) is 0 Å². The first kappa shape index (κ1) is 20.2. The lowest BCUT2D eigenvalue weighted by molar-refractivity contribution is -0.255. The first-order valence-electron chi connectivity index (χ1n) is 9.49. The summed E-state index contributed by atoms with van der Waals surface area (Å²) in [7, 11) is 2.91. The lowest BCUT2D eigenvalue weighted by Gasteiger charge is -2.71. The summed E-state index contributed by atoms with van der Waals surface area (Å²) in [5, 5.41) is 2.62. The Morgan fingerprint density at radius 3 is 2.04 bits per heavy atom. The standard InChI is InChI=1S/C22H28N2O4/c1-13-9-8-10-14(11-13)12-15(25)19(2)20(3,16(26)23-6)22(5)18(28)24(7)17(27)21(19,22)4/h8-11H,12H2,1-7H3,(H,23,26). The summed E-state index contributed by atoms with van der Waals surface area (Å²) in [4.78, 5) is 54.0. The normalized spacial score (nSPS) is 36.8. The zero-order chi connectivity index (χ0) is 21.3. The predicted octanol–water partition coefficient (Wildman–Crippen LogP) is 1.89. The number of amides is 3. The number of imide groups is 1. The number of likely N-dealkylation sites (tertiary alicyclic amines) is 1. The van der Waals surface area contributed by atoms with Crippen molar-refractivity contribution in [2.75, 3.05) is 14.1 Å². The molecule has 2 fully saturated rings. The van der Waals surface area contributed by atoms with Crippen LogP contribution in [0.3, 0.4) is 0 Å². The van der Waals surface area contributed by atoms with Crippen LogP contribution in [-0.2, 0) is 25.6 Å². The molecule has 0 bridgehead atoms. The fourth-order valence-electron chi connectivity index (χ4n) is 6.00. The highest BCUT2D eigenvalue weighted by molar-refractivity contribution is 6.19. The molecule has 4 atom stereocenters. The van der Waals surface area contributed by atoms with Gasteiger partial charge in [-0.15, -0.1) is 0 Å². The number of hydrogen-bond donors (Lipinski definition) is 1. The van der Waals surface area contributed by atoms with Gasteiger partial charge in [-0.25, -0.2) is 0 Å². The van der Waals surface area contributed by atoms with Gasteiger partial charge >= 0.3 is 0 Å². The summed E-state index contributed by atoms with van der Waals surface area (Å²) < 4.78 is 0. The maximum atomic E-state index is 13.7. The average molecular weight is 384 g/mol. The maximum absolute atomic E-state index is 13.7. The molecular weight excluding hydrogens is 356 g/mol. The van der Waals surface area contributed by atoms with Crippen LogP contribution in [-0.4, -0.2) is 42.5 Å². The van der Waals surface area contributed by atoms with Crippen molar-refractivity contribution in [1.82, 2.24) is 10.2 Å². The predicted molar refractivity (Wildman–Crippen MR) is 104 cm³/mol. The third-order valence-corrected chi connectivity index (χ3v) is 8.15. The van der Waals surface area contributed by atoms with Crippen LogP contribution in [0.15, 0.2) is 24.3 Å². The number of benzene rings is 1. The molecule has 1 saturated heterocycles. The van der Waals surface area contributed by atoms with Gasteiger partial charge in [0.05, 0.1) is 21.7 Å². The van der Waals surface area contributed by atoms with Crippen LogP contribution >= 0.6 is 0 Å². The Balaban J connectivity index is 2.18. The van der Waals surface area contributed by atoms with Gasteiger partial charge in [-0.05, 0) is 33.3 Å². The van der Waals surface area contributed by atoms with Crippen LogP contribution in [0.4, 0.5) is 0 Å². The van der Waals surface area contributed by atoms with Crippen molar-refractivity contribution in [2.24, 2.45) is 21.7 Å². The lowest BCUT2D eigenvalue weighted by Crippen LogP contribution is -2.82. The molecule has 0 spiro atoms. The van der Waals surface area contributed by atoms with E-state index in [1.807, 2.05) is 31.2 Å². The Hall–Kier alpha value is -2.50. The van der Waals surface area contributed by atoms with Crippen LogP contribution in [0.1, 0.15) is 38.8 Å². The van der Waals surface area contributed by atoms with Gasteiger partial charge in [-0.3, -0.25) is 24.1 Å². The van der Waals surface area contributed by atoms with Gasteiger partial charge in [0, 0.05) is 20.5 Å². The van der Waals surface area contributed by atoms with Gasteiger partial charge in [0.1, 0.15) is 5.78 Å². The Morgan fingerprint density at radius 2 is 1.54 bits per heavy atom. The fourth-order valence-corrected chi connectivity index (χ4v) is 6.00. The monoisotopic (exact) mass is 384 g/mol. The summed E-state index contributed by atoms with van der Waals surface area (Å²) in [6.45, 7) is 8.57. The van der Waals surface area contributed by atoms with E-state index >= 15 is 0 Å². The molecule has 0 radical (unpaired) electrons. The molecule has 1 aromatic rings. The van der Waals surface area contributed by atoms with Crippen LogP contribution in [0.25, 0.3) is 0 Å². The summed E-state index contributed by atoms with van der Waals surface area (Å²) in [6, 6.07) is 7.61. The number of hydrogen-bond acceptors (Lipinski definition) is 4. The fraction of sp³-hybridized carbons (Fsp3) is 0.545. The smallest absolute Gasteiger partial charge is 0.237 e. The van der Waals surface area contributed by atoms with E-state index < -0.39 is 39.4 Å². The van der Waals surface area contributed by atoms with Gasteiger partial charge in [-0.2, -0.15) is 0 Å². The third-order valence-electron chi connectivity index (χ3n) is 8.15. The molecule has 3 rings (SSSR count). The van der Waals surface area contributed by atoms with Crippen molar-refractivity contribution >= 4 is 23.5 Å². The van der Waals surface area contributed by atoms with Crippen molar-refractivity contribution in [2.45, 2.75) is 41.0 Å². The van der Waals surface area contributed by atoms with E-state index in [0.717, 1.165) is 16.0 Å². The molecule has 2 aliphatic rings. The number of ketones is 1. The number of aryl methyl sites for hydroxylation is 1. The van der Waals surface area contributed by atoms with Crippen LogP contribution in [0, 0.1) is 28.6 Å². The van der Waals surface area contributed by atoms with E-state index in [4.69, 9.17) is 0 Å². The Labute approximate surface area is 165 Å².